The van der Waals surface area contributed by atoms with E-state index in [9.17, 15) is 4.79 Å². The van der Waals surface area contributed by atoms with Crippen LogP contribution in [-0.2, 0) is 22.6 Å². The maximum absolute atomic E-state index is 13.3. The van der Waals surface area contributed by atoms with E-state index >= 15 is 0 Å². The zero-order valence-electron chi connectivity index (χ0n) is 14.6. The van der Waals surface area contributed by atoms with E-state index in [1.807, 2.05) is 23.1 Å². The lowest BCUT2D eigenvalue weighted by molar-refractivity contribution is -0.134. The Morgan fingerprint density at radius 3 is 3.12 bits per heavy atom. The maximum atomic E-state index is 13.3. The molecule has 3 heterocycles. The molecule has 0 radical (unpaired) electrons. The van der Waals surface area contributed by atoms with Gasteiger partial charge in [0.15, 0.2) is 0 Å². The van der Waals surface area contributed by atoms with Crippen LogP contribution in [0.15, 0.2) is 34.9 Å². The molecule has 1 fully saturated rings. The molecular weight excluding hydrogens is 316 g/mol. The van der Waals surface area contributed by atoms with Crippen molar-refractivity contribution in [2.75, 3.05) is 13.7 Å². The van der Waals surface area contributed by atoms with Crippen LogP contribution in [0.1, 0.15) is 60.4 Å². The Morgan fingerprint density at radius 1 is 1.32 bits per heavy atom. The molecule has 25 heavy (non-hydrogen) atoms. The summed E-state index contributed by atoms with van der Waals surface area (Å²) in [7, 11) is 1.65. The molecule has 1 saturated heterocycles. The minimum absolute atomic E-state index is 0.0344. The van der Waals surface area contributed by atoms with Gasteiger partial charge in [0.05, 0.1) is 17.7 Å². The monoisotopic (exact) mass is 340 g/mol. The van der Waals surface area contributed by atoms with E-state index in [4.69, 9.17) is 9.15 Å². The number of amides is 1. The van der Waals surface area contributed by atoms with Gasteiger partial charge in [-0.15, -0.1) is 0 Å². The smallest absolute Gasteiger partial charge is 0.232 e. The Balaban J connectivity index is 1.57. The summed E-state index contributed by atoms with van der Waals surface area (Å²) in [5.74, 6) is 1.77. The number of hydrogen-bond acceptors (Lipinski definition) is 4. The number of likely N-dealkylation sites (tertiary alicyclic amines) is 1. The van der Waals surface area contributed by atoms with Gasteiger partial charge < -0.3 is 14.1 Å². The minimum Gasteiger partial charge on any atom is -0.461 e. The van der Waals surface area contributed by atoms with Crippen LogP contribution in [0.25, 0.3) is 0 Å². The molecule has 2 aliphatic rings. The first kappa shape index (κ1) is 16.3. The second kappa shape index (κ2) is 7.00. The predicted molar refractivity (Wildman–Crippen MR) is 93.0 cm³/mol. The van der Waals surface area contributed by atoms with E-state index < -0.39 is 0 Å². The highest BCUT2D eigenvalue weighted by molar-refractivity contribution is 5.84. The summed E-state index contributed by atoms with van der Waals surface area (Å²) in [6, 6.07) is 8.03. The summed E-state index contributed by atoms with van der Waals surface area (Å²) in [5.41, 5.74) is 2.20. The van der Waals surface area contributed by atoms with Crippen LogP contribution in [0.5, 0.6) is 0 Å². The van der Waals surface area contributed by atoms with Crippen molar-refractivity contribution in [2.45, 2.75) is 50.7 Å². The number of aryl methyl sites for hydroxylation is 1. The van der Waals surface area contributed by atoms with Crippen LogP contribution in [0.2, 0.25) is 0 Å². The number of ether oxygens (including phenoxy) is 1. The number of furan rings is 1. The summed E-state index contributed by atoms with van der Waals surface area (Å²) in [6.07, 6.45) is 6.72. The van der Waals surface area contributed by atoms with Crippen molar-refractivity contribution in [1.29, 1.82) is 0 Å². The van der Waals surface area contributed by atoms with Crippen LogP contribution < -0.4 is 0 Å². The van der Waals surface area contributed by atoms with E-state index in [1.54, 1.807) is 13.3 Å². The lowest BCUT2D eigenvalue weighted by Gasteiger charge is -2.30. The van der Waals surface area contributed by atoms with Crippen molar-refractivity contribution in [3.8, 4) is 0 Å². The van der Waals surface area contributed by atoms with Gasteiger partial charge in [-0.2, -0.15) is 0 Å². The molecule has 0 spiro atoms. The SMILES string of the molecule is COCc1ccc(C2CCCN2C(=O)C2CCCc3cccnc32)o1. The molecule has 132 valence electrons. The molecule has 1 amide bonds. The van der Waals surface area contributed by atoms with E-state index in [1.165, 1.54) is 5.56 Å². The summed E-state index contributed by atoms with van der Waals surface area (Å²) < 4.78 is 11.0. The van der Waals surface area contributed by atoms with Crippen LogP contribution in [0.3, 0.4) is 0 Å². The first-order valence-corrected chi connectivity index (χ1v) is 9.09. The first-order chi connectivity index (χ1) is 12.3. The summed E-state index contributed by atoms with van der Waals surface area (Å²) >= 11 is 0. The number of hydrogen-bond donors (Lipinski definition) is 0. The van der Waals surface area contributed by atoms with Gasteiger partial charge >= 0.3 is 0 Å². The number of carbonyl (C=O) groups is 1. The van der Waals surface area contributed by atoms with Crippen molar-refractivity contribution in [3.05, 3.63) is 53.2 Å². The normalized spacial score (nSPS) is 22.8. The maximum Gasteiger partial charge on any atom is 0.232 e. The van der Waals surface area contributed by atoms with Gasteiger partial charge in [0.1, 0.15) is 18.1 Å². The number of methoxy groups -OCH3 is 1. The van der Waals surface area contributed by atoms with Crippen molar-refractivity contribution in [2.24, 2.45) is 0 Å². The van der Waals surface area contributed by atoms with Crippen molar-refractivity contribution in [1.82, 2.24) is 9.88 Å². The molecular formula is C20H24N2O3. The Kier molecular flexibility index (Phi) is 4.57. The Bertz CT molecular complexity index is 755. The Morgan fingerprint density at radius 2 is 2.24 bits per heavy atom. The zero-order valence-corrected chi connectivity index (χ0v) is 14.6. The molecule has 2 unspecified atom stereocenters. The molecule has 5 heteroatoms. The number of pyridine rings is 1. The Labute approximate surface area is 148 Å². The van der Waals surface area contributed by atoms with E-state index in [-0.39, 0.29) is 17.9 Å². The fourth-order valence-corrected chi connectivity index (χ4v) is 4.17. The van der Waals surface area contributed by atoms with Gasteiger partial charge in [-0.25, -0.2) is 0 Å². The van der Waals surface area contributed by atoms with Crippen molar-refractivity contribution < 1.29 is 13.9 Å². The number of fused-ring (bicyclic) bond motifs is 1. The predicted octanol–water partition coefficient (Wildman–Crippen LogP) is 3.60. The molecule has 2 aromatic heterocycles. The fraction of sp³-hybridized carbons (Fsp3) is 0.500. The first-order valence-electron chi connectivity index (χ1n) is 9.09. The molecule has 5 nitrogen and oxygen atoms in total. The van der Waals surface area contributed by atoms with Gasteiger partial charge in [0.2, 0.25) is 5.91 Å². The molecule has 4 rings (SSSR count). The van der Waals surface area contributed by atoms with Gasteiger partial charge in [-0.05, 0) is 55.9 Å². The highest BCUT2D eigenvalue weighted by Gasteiger charge is 2.38. The summed E-state index contributed by atoms with van der Waals surface area (Å²) in [5, 5.41) is 0. The number of rotatable bonds is 4. The molecule has 0 N–H and O–H groups in total. The highest BCUT2D eigenvalue weighted by atomic mass is 16.5. The molecule has 2 atom stereocenters. The molecule has 0 aromatic carbocycles. The van der Waals surface area contributed by atoms with E-state index in [0.717, 1.165) is 55.9 Å². The quantitative estimate of drug-likeness (QED) is 0.853. The van der Waals surface area contributed by atoms with Crippen LogP contribution in [0.4, 0.5) is 0 Å². The lowest BCUT2D eigenvalue weighted by Crippen LogP contribution is -2.36. The third kappa shape index (κ3) is 3.09. The highest BCUT2D eigenvalue weighted by Crippen LogP contribution is 2.38. The van der Waals surface area contributed by atoms with Gasteiger partial charge in [-0.1, -0.05) is 6.07 Å². The third-order valence-corrected chi connectivity index (χ3v) is 5.33. The van der Waals surface area contributed by atoms with Crippen LogP contribution in [-0.4, -0.2) is 29.4 Å². The van der Waals surface area contributed by atoms with Gasteiger partial charge in [0.25, 0.3) is 0 Å². The minimum atomic E-state index is -0.112. The van der Waals surface area contributed by atoms with Crippen molar-refractivity contribution >= 4 is 5.91 Å². The number of carbonyl (C=O) groups excluding carboxylic acids is 1. The summed E-state index contributed by atoms with van der Waals surface area (Å²) in [4.78, 5) is 19.8. The third-order valence-electron chi connectivity index (χ3n) is 5.33. The molecule has 0 saturated carbocycles. The standard InChI is InChI=1S/C20H24N2O3/c1-24-13-15-9-10-18(25-15)17-8-4-12-22(17)20(23)16-7-2-5-14-6-3-11-21-19(14)16/h3,6,9-11,16-17H,2,4-5,7-8,12-13H2,1H3. The van der Waals surface area contributed by atoms with Gasteiger partial charge in [-0.3, -0.25) is 9.78 Å². The van der Waals surface area contributed by atoms with Gasteiger partial charge in [0, 0.05) is 19.9 Å². The molecule has 2 aromatic rings. The molecule has 1 aliphatic carbocycles. The van der Waals surface area contributed by atoms with E-state index in [2.05, 4.69) is 11.1 Å². The largest absolute Gasteiger partial charge is 0.461 e. The average Bonchev–Trinajstić information content (AvgIpc) is 3.30. The average molecular weight is 340 g/mol. The Hall–Kier alpha value is -2.14. The van der Waals surface area contributed by atoms with Crippen molar-refractivity contribution in [3.63, 3.8) is 0 Å². The second-order valence-electron chi connectivity index (χ2n) is 6.92. The summed E-state index contributed by atoms with van der Waals surface area (Å²) in [6.45, 7) is 1.25. The van der Waals surface area contributed by atoms with Crippen LogP contribution in [0, 0.1) is 0 Å². The topological polar surface area (TPSA) is 55.6 Å². The second-order valence-corrected chi connectivity index (χ2v) is 6.92. The number of aromatic nitrogens is 1. The zero-order chi connectivity index (χ0) is 17.2. The number of nitrogens with zero attached hydrogens (tertiary/aromatic N) is 2. The lowest BCUT2D eigenvalue weighted by atomic mass is 9.85. The van der Waals surface area contributed by atoms with Crippen LogP contribution >= 0.6 is 0 Å². The fourth-order valence-electron chi connectivity index (χ4n) is 4.17. The molecule has 1 aliphatic heterocycles. The molecule has 0 bridgehead atoms. The van der Waals surface area contributed by atoms with E-state index in [0.29, 0.717) is 6.61 Å².